The van der Waals surface area contributed by atoms with Crippen LogP contribution in [-0.2, 0) is 16.6 Å². The van der Waals surface area contributed by atoms with E-state index in [0.29, 0.717) is 12.3 Å². The molecule has 0 aliphatic rings. The molecule has 114 valence electrons. The van der Waals surface area contributed by atoms with Crippen molar-refractivity contribution in [2.45, 2.75) is 24.4 Å². The summed E-state index contributed by atoms with van der Waals surface area (Å²) >= 11 is 1.55. The van der Waals surface area contributed by atoms with Crippen LogP contribution in [0.15, 0.2) is 23.1 Å². The Kier molecular flexibility index (Phi) is 6.44. The summed E-state index contributed by atoms with van der Waals surface area (Å²) < 4.78 is 40.1. The fraction of sp³-hybridized carbons (Fsp3) is 0.538. The molecular formula is C13H21FN2O2S2. The minimum Gasteiger partial charge on any atom is -0.316 e. The van der Waals surface area contributed by atoms with Crippen LogP contribution in [0.2, 0.25) is 0 Å². The predicted octanol–water partition coefficient (Wildman–Crippen LogP) is 1.92. The van der Waals surface area contributed by atoms with Gasteiger partial charge >= 0.3 is 0 Å². The van der Waals surface area contributed by atoms with Crippen molar-refractivity contribution in [3.63, 3.8) is 0 Å². The number of thioether (sulfide) groups is 1. The standard InChI is InChI=1S/C13H21FN2O2S2/c1-10(9-19-4)16(3)20(17,18)13-7-11(8-15-2)5-6-12(13)14/h5-7,10,15H,8-9H2,1-4H3. The molecule has 0 heterocycles. The van der Waals surface area contributed by atoms with E-state index in [1.54, 1.807) is 24.9 Å². The van der Waals surface area contributed by atoms with Crippen molar-refractivity contribution >= 4 is 21.8 Å². The summed E-state index contributed by atoms with van der Waals surface area (Å²) in [5.41, 5.74) is 0.735. The number of sulfonamides is 1. The SMILES string of the molecule is CNCc1ccc(F)c(S(=O)(=O)N(C)C(C)CSC)c1. The van der Waals surface area contributed by atoms with Crippen LogP contribution >= 0.6 is 11.8 Å². The third kappa shape index (κ3) is 3.94. The summed E-state index contributed by atoms with van der Waals surface area (Å²) in [5.74, 6) is -0.0545. The smallest absolute Gasteiger partial charge is 0.246 e. The van der Waals surface area contributed by atoms with Gasteiger partial charge in [-0.25, -0.2) is 12.8 Å². The van der Waals surface area contributed by atoms with E-state index >= 15 is 0 Å². The van der Waals surface area contributed by atoms with Gasteiger partial charge in [-0.15, -0.1) is 0 Å². The van der Waals surface area contributed by atoms with E-state index in [9.17, 15) is 12.8 Å². The molecule has 1 unspecified atom stereocenters. The zero-order valence-corrected chi connectivity index (χ0v) is 13.8. The number of nitrogens with one attached hydrogen (secondary N) is 1. The van der Waals surface area contributed by atoms with Crippen LogP contribution in [-0.4, -0.2) is 44.9 Å². The number of halogens is 1. The van der Waals surface area contributed by atoms with Crippen LogP contribution in [0.4, 0.5) is 4.39 Å². The van der Waals surface area contributed by atoms with Gasteiger partial charge < -0.3 is 5.32 Å². The number of rotatable bonds is 7. The van der Waals surface area contributed by atoms with Crippen molar-refractivity contribution in [3.05, 3.63) is 29.6 Å². The van der Waals surface area contributed by atoms with Gasteiger partial charge in [0, 0.05) is 25.4 Å². The van der Waals surface area contributed by atoms with E-state index in [-0.39, 0.29) is 10.9 Å². The van der Waals surface area contributed by atoms with Crippen LogP contribution in [0, 0.1) is 5.82 Å². The van der Waals surface area contributed by atoms with E-state index < -0.39 is 15.8 Å². The van der Waals surface area contributed by atoms with Crippen LogP contribution in [0.5, 0.6) is 0 Å². The number of hydrogen-bond acceptors (Lipinski definition) is 4. The Morgan fingerprint density at radius 2 is 2.10 bits per heavy atom. The van der Waals surface area contributed by atoms with Crippen molar-refractivity contribution in [3.8, 4) is 0 Å². The fourth-order valence-electron chi connectivity index (χ4n) is 1.80. The lowest BCUT2D eigenvalue weighted by atomic mass is 10.2. The lowest BCUT2D eigenvalue weighted by Gasteiger charge is -2.24. The van der Waals surface area contributed by atoms with Crippen molar-refractivity contribution in [2.24, 2.45) is 0 Å². The maximum atomic E-state index is 13.9. The average Bonchev–Trinajstić information content (AvgIpc) is 2.40. The molecular weight excluding hydrogens is 299 g/mol. The van der Waals surface area contributed by atoms with E-state index in [4.69, 9.17) is 0 Å². The fourth-order valence-corrected chi connectivity index (χ4v) is 4.07. The van der Waals surface area contributed by atoms with Crippen molar-refractivity contribution < 1.29 is 12.8 Å². The molecule has 0 amide bonds. The highest BCUT2D eigenvalue weighted by molar-refractivity contribution is 7.98. The van der Waals surface area contributed by atoms with Crippen LogP contribution in [0.1, 0.15) is 12.5 Å². The minimum atomic E-state index is -3.81. The van der Waals surface area contributed by atoms with Crippen LogP contribution in [0.25, 0.3) is 0 Å². The van der Waals surface area contributed by atoms with Gasteiger partial charge in [-0.2, -0.15) is 16.1 Å². The number of benzene rings is 1. The zero-order valence-electron chi connectivity index (χ0n) is 12.2. The number of hydrogen-bond donors (Lipinski definition) is 1. The molecule has 0 radical (unpaired) electrons. The van der Waals surface area contributed by atoms with Gasteiger partial charge in [0.15, 0.2) is 0 Å². The summed E-state index contributed by atoms with van der Waals surface area (Å²) in [5, 5.41) is 2.92. The van der Waals surface area contributed by atoms with Crippen LogP contribution < -0.4 is 5.32 Å². The predicted molar refractivity (Wildman–Crippen MR) is 82.0 cm³/mol. The van der Waals surface area contributed by atoms with E-state index in [0.717, 1.165) is 5.56 Å². The molecule has 0 aliphatic heterocycles. The van der Waals surface area contributed by atoms with Gasteiger partial charge in [-0.1, -0.05) is 6.07 Å². The highest BCUT2D eigenvalue weighted by atomic mass is 32.2. The van der Waals surface area contributed by atoms with Gasteiger partial charge in [0.2, 0.25) is 10.0 Å². The molecule has 0 saturated carbocycles. The molecule has 0 aliphatic carbocycles. The Balaban J connectivity index is 3.17. The van der Waals surface area contributed by atoms with Gasteiger partial charge in [-0.05, 0) is 37.9 Å². The highest BCUT2D eigenvalue weighted by Gasteiger charge is 2.28. The molecule has 20 heavy (non-hydrogen) atoms. The summed E-state index contributed by atoms with van der Waals surface area (Å²) in [7, 11) is -0.574. The topological polar surface area (TPSA) is 49.4 Å². The van der Waals surface area contributed by atoms with Gasteiger partial charge in [0.1, 0.15) is 10.7 Å². The highest BCUT2D eigenvalue weighted by Crippen LogP contribution is 2.22. The van der Waals surface area contributed by atoms with Crippen molar-refractivity contribution in [2.75, 3.05) is 26.1 Å². The largest absolute Gasteiger partial charge is 0.316 e. The van der Waals surface area contributed by atoms with Crippen molar-refractivity contribution in [1.82, 2.24) is 9.62 Å². The molecule has 1 atom stereocenters. The first-order valence-corrected chi connectivity index (χ1v) is 9.08. The Labute approximate surface area is 124 Å². The molecule has 4 nitrogen and oxygen atoms in total. The summed E-state index contributed by atoms with van der Waals surface area (Å²) in [6.07, 6.45) is 1.91. The molecule has 0 bridgehead atoms. The molecule has 1 rings (SSSR count). The lowest BCUT2D eigenvalue weighted by Crippen LogP contribution is -2.37. The quantitative estimate of drug-likeness (QED) is 0.834. The molecule has 0 saturated heterocycles. The van der Waals surface area contributed by atoms with Gasteiger partial charge in [0.05, 0.1) is 0 Å². The molecule has 1 aromatic carbocycles. The molecule has 0 spiro atoms. The Morgan fingerprint density at radius 1 is 1.45 bits per heavy atom. The Hall–Kier alpha value is -0.630. The first-order valence-electron chi connectivity index (χ1n) is 6.24. The zero-order chi connectivity index (χ0) is 15.3. The number of nitrogens with zero attached hydrogens (tertiary/aromatic N) is 1. The van der Waals surface area contributed by atoms with E-state index in [1.165, 1.54) is 23.5 Å². The maximum Gasteiger partial charge on any atom is 0.246 e. The second kappa shape index (κ2) is 7.40. The van der Waals surface area contributed by atoms with Gasteiger partial charge in [-0.3, -0.25) is 0 Å². The third-order valence-electron chi connectivity index (χ3n) is 3.06. The monoisotopic (exact) mass is 320 g/mol. The molecule has 7 heteroatoms. The lowest BCUT2D eigenvalue weighted by molar-refractivity contribution is 0.411. The van der Waals surface area contributed by atoms with E-state index in [2.05, 4.69) is 5.32 Å². The van der Waals surface area contributed by atoms with E-state index in [1.807, 2.05) is 13.2 Å². The summed E-state index contributed by atoms with van der Waals surface area (Å²) in [6, 6.07) is 3.98. The Bertz CT molecular complexity index is 549. The molecule has 1 N–H and O–H groups in total. The van der Waals surface area contributed by atoms with Crippen molar-refractivity contribution in [1.29, 1.82) is 0 Å². The summed E-state index contributed by atoms with van der Waals surface area (Å²) in [4.78, 5) is -0.263. The minimum absolute atomic E-state index is 0.192. The molecule has 0 aromatic heterocycles. The summed E-state index contributed by atoms with van der Waals surface area (Å²) in [6.45, 7) is 2.30. The first-order chi connectivity index (χ1) is 9.34. The van der Waals surface area contributed by atoms with Crippen LogP contribution in [0.3, 0.4) is 0 Å². The average molecular weight is 320 g/mol. The maximum absolute atomic E-state index is 13.9. The molecule has 0 fully saturated rings. The molecule has 1 aromatic rings. The second-order valence-corrected chi connectivity index (χ2v) is 7.50. The normalized spacial score (nSPS) is 13.7. The first kappa shape index (κ1) is 17.4. The Morgan fingerprint density at radius 3 is 2.65 bits per heavy atom. The second-order valence-electron chi connectivity index (χ2n) is 4.62. The third-order valence-corrected chi connectivity index (χ3v) is 5.86. The van der Waals surface area contributed by atoms with Gasteiger partial charge in [0.25, 0.3) is 0 Å².